The Morgan fingerprint density at radius 3 is 2.64 bits per heavy atom. The lowest BCUT2D eigenvalue weighted by molar-refractivity contribution is -0.145. The largest absolute Gasteiger partial charge is 0.481 e. The van der Waals surface area contributed by atoms with E-state index < -0.39 is 5.97 Å². The molecule has 0 atom stereocenters. The van der Waals surface area contributed by atoms with Crippen LogP contribution in [0.15, 0.2) is 82.7 Å². The normalized spacial score (nSPS) is 11.1. The highest BCUT2D eigenvalue weighted by molar-refractivity contribution is 6.30. The molecular weight excluding hydrogens is 442 g/mol. The molecule has 0 radical (unpaired) electrons. The Kier molecular flexibility index (Phi) is 6.80. The van der Waals surface area contributed by atoms with Crippen molar-refractivity contribution in [2.45, 2.75) is 6.92 Å². The van der Waals surface area contributed by atoms with Crippen LogP contribution in [0.1, 0.15) is 12.5 Å². The summed E-state index contributed by atoms with van der Waals surface area (Å²) in [5.41, 5.74) is 1.49. The molecule has 0 amide bonds. The first kappa shape index (κ1) is 22.2. The van der Waals surface area contributed by atoms with Crippen LogP contribution in [0.2, 0.25) is 5.02 Å². The quantitative estimate of drug-likeness (QED) is 0.298. The van der Waals surface area contributed by atoms with E-state index in [1.807, 2.05) is 36.4 Å². The Labute approximate surface area is 194 Å². The molecule has 0 spiro atoms. The highest BCUT2D eigenvalue weighted by Gasteiger charge is 2.13. The molecule has 166 valence electrons. The summed E-state index contributed by atoms with van der Waals surface area (Å²) >= 11 is 6.16. The van der Waals surface area contributed by atoms with Gasteiger partial charge in [0, 0.05) is 16.1 Å². The van der Waals surface area contributed by atoms with Gasteiger partial charge in [0.25, 0.3) is 5.56 Å². The molecule has 0 saturated carbocycles. The number of benzene rings is 3. The van der Waals surface area contributed by atoms with Crippen LogP contribution < -0.4 is 10.3 Å². The monoisotopic (exact) mass is 461 g/mol. The lowest BCUT2D eigenvalue weighted by atomic mass is 10.2. The number of fused-ring (bicyclic) bond motifs is 1. The fourth-order valence-electron chi connectivity index (χ4n) is 3.22. The highest BCUT2D eigenvalue weighted by atomic mass is 35.5. The SMILES string of the molecule is CCOC(=O)COc1ccc(Cl)cc1C=Nn1c(-c2ccccc2)nc2ccccc2c1=O. The number of ether oxygens (including phenoxy) is 2. The third-order valence-electron chi connectivity index (χ3n) is 4.72. The van der Waals surface area contributed by atoms with E-state index in [1.54, 1.807) is 43.3 Å². The molecule has 0 fully saturated rings. The summed E-state index contributed by atoms with van der Waals surface area (Å²) in [7, 11) is 0. The molecule has 1 heterocycles. The van der Waals surface area contributed by atoms with E-state index in [4.69, 9.17) is 21.1 Å². The molecular formula is C25H20ClN3O4. The van der Waals surface area contributed by atoms with Crippen LogP contribution in [0.25, 0.3) is 22.3 Å². The van der Waals surface area contributed by atoms with Gasteiger partial charge in [-0.2, -0.15) is 9.78 Å². The summed E-state index contributed by atoms with van der Waals surface area (Å²) in [6.45, 7) is 1.72. The average Bonchev–Trinajstić information content (AvgIpc) is 2.83. The van der Waals surface area contributed by atoms with Crippen molar-refractivity contribution in [2.24, 2.45) is 5.10 Å². The minimum atomic E-state index is -0.489. The Morgan fingerprint density at radius 2 is 1.85 bits per heavy atom. The van der Waals surface area contributed by atoms with Crippen molar-refractivity contribution in [1.29, 1.82) is 0 Å². The maximum atomic E-state index is 13.3. The molecule has 1 aromatic heterocycles. The molecule has 4 aromatic rings. The van der Waals surface area contributed by atoms with Gasteiger partial charge in [-0.3, -0.25) is 4.79 Å². The fraction of sp³-hybridized carbons (Fsp3) is 0.120. The van der Waals surface area contributed by atoms with Gasteiger partial charge in [-0.1, -0.05) is 54.1 Å². The van der Waals surface area contributed by atoms with Gasteiger partial charge >= 0.3 is 5.97 Å². The molecule has 0 aliphatic heterocycles. The van der Waals surface area contributed by atoms with Crippen molar-refractivity contribution >= 4 is 34.7 Å². The number of rotatable bonds is 7. The number of hydrogen-bond donors (Lipinski definition) is 0. The molecule has 0 saturated heterocycles. The standard InChI is InChI=1S/C25H20ClN3O4/c1-2-32-23(30)16-33-22-13-12-19(26)14-18(22)15-27-29-24(17-8-4-3-5-9-17)28-21-11-7-6-10-20(21)25(29)31/h3-15H,2,16H2,1H3. The Morgan fingerprint density at radius 1 is 1.09 bits per heavy atom. The van der Waals surface area contributed by atoms with Crippen LogP contribution >= 0.6 is 11.6 Å². The third-order valence-corrected chi connectivity index (χ3v) is 4.96. The van der Waals surface area contributed by atoms with Crippen LogP contribution in [0.5, 0.6) is 5.75 Å². The molecule has 0 bridgehead atoms. The second kappa shape index (κ2) is 10.1. The lowest BCUT2D eigenvalue weighted by Crippen LogP contribution is -2.20. The van der Waals surface area contributed by atoms with E-state index in [0.717, 1.165) is 5.56 Å². The van der Waals surface area contributed by atoms with E-state index in [9.17, 15) is 9.59 Å². The predicted octanol–water partition coefficient (Wildman–Crippen LogP) is 4.54. The fourth-order valence-corrected chi connectivity index (χ4v) is 3.40. The summed E-state index contributed by atoms with van der Waals surface area (Å²) in [5.74, 6) is 0.280. The van der Waals surface area contributed by atoms with Gasteiger partial charge in [0.15, 0.2) is 12.4 Å². The molecule has 3 aromatic carbocycles. The summed E-state index contributed by atoms with van der Waals surface area (Å²) in [6.07, 6.45) is 1.46. The van der Waals surface area contributed by atoms with Crippen LogP contribution in [-0.2, 0) is 9.53 Å². The van der Waals surface area contributed by atoms with Crippen LogP contribution in [0.3, 0.4) is 0 Å². The average molecular weight is 462 g/mol. The number of halogens is 1. The molecule has 33 heavy (non-hydrogen) atoms. The van der Waals surface area contributed by atoms with Gasteiger partial charge in [0.05, 0.1) is 23.7 Å². The zero-order valence-electron chi connectivity index (χ0n) is 17.8. The number of carbonyl (C=O) groups excluding carboxylic acids is 1. The molecule has 0 aliphatic carbocycles. The van der Waals surface area contributed by atoms with Gasteiger partial charge < -0.3 is 9.47 Å². The second-order valence-corrected chi connectivity index (χ2v) is 7.39. The number of carbonyl (C=O) groups is 1. The molecule has 7 nitrogen and oxygen atoms in total. The molecule has 0 N–H and O–H groups in total. The summed E-state index contributed by atoms with van der Waals surface area (Å²) in [4.78, 5) is 29.6. The number of hydrogen-bond acceptors (Lipinski definition) is 6. The van der Waals surface area contributed by atoms with Gasteiger partial charge in [0.1, 0.15) is 5.75 Å². The van der Waals surface area contributed by atoms with E-state index in [-0.39, 0.29) is 18.8 Å². The van der Waals surface area contributed by atoms with Gasteiger partial charge in [-0.05, 0) is 37.3 Å². The minimum Gasteiger partial charge on any atom is -0.481 e. The number of aromatic nitrogens is 2. The molecule has 0 unspecified atom stereocenters. The van der Waals surface area contributed by atoms with Gasteiger partial charge in [-0.25, -0.2) is 9.78 Å². The van der Waals surface area contributed by atoms with Crippen LogP contribution in [-0.4, -0.2) is 35.1 Å². The van der Waals surface area contributed by atoms with E-state index in [1.165, 1.54) is 10.9 Å². The zero-order chi connectivity index (χ0) is 23.2. The maximum Gasteiger partial charge on any atom is 0.344 e. The van der Waals surface area contributed by atoms with Crippen molar-refractivity contribution in [3.05, 3.63) is 93.7 Å². The number of para-hydroxylation sites is 1. The van der Waals surface area contributed by atoms with Crippen molar-refractivity contribution in [1.82, 2.24) is 9.66 Å². The van der Waals surface area contributed by atoms with E-state index in [2.05, 4.69) is 10.1 Å². The third kappa shape index (κ3) is 5.10. The summed E-state index contributed by atoms with van der Waals surface area (Å²) in [6, 6.07) is 21.3. The van der Waals surface area contributed by atoms with E-state index in [0.29, 0.717) is 33.1 Å². The number of esters is 1. The van der Waals surface area contributed by atoms with Crippen molar-refractivity contribution in [3.63, 3.8) is 0 Å². The highest BCUT2D eigenvalue weighted by Crippen LogP contribution is 2.23. The first-order valence-corrected chi connectivity index (χ1v) is 10.6. The minimum absolute atomic E-state index is 0.261. The lowest BCUT2D eigenvalue weighted by Gasteiger charge is -2.11. The first-order chi connectivity index (χ1) is 16.1. The zero-order valence-corrected chi connectivity index (χ0v) is 18.5. The Hall–Kier alpha value is -3.97. The second-order valence-electron chi connectivity index (χ2n) is 6.96. The van der Waals surface area contributed by atoms with Crippen molar-refractivity contribution in [2.75, 3.05) is 13.2 Å². The number of nitrogens with zero attached hydrogens (tertiary/aromatic N) is 3. The topological polar surface area (TPSA) is 82.8 Å². The van der Waals surface area contributed by atoms with Gasteiger partial charge in [0.2, 0.25) is 0 Å². The summed E-state index contributed by atoms with van der Waals surface area (Å²) < 4.78 is 11.7. The van der Waals surface area contributed by atoms with Crippen molar-refractivity contribution < 1.29 is 14.3 Å². The predicted molar refractivity (Wildman–Crippen MR) is 128 cm³/mol. The van der Waals surface area contributed by atoms with Crippen LogP contribution in [0.4, 0.5) is 0 Å². The van der Waals surface area contributed by atoms with Crippen LogP contribution in [0, 0.1) is 0 Å². The molecule has 8 heteroatoms. The summed E-state index contributed by atoms with van der Waals surface area (Å²) in [5, 5.41) is 5.32. The Bertz CT molecular complexity index is 1380. The maximum absolute atomic E-state index is 13.3. The molecule has 4 rings (SSSR count). The molecule has 0 aliphatic rings. The van der Waals surface area contributed by atoms with E-state index >= 15 is 0 Å². The smallest absolute Gasteiger partial charge is 0.344 e. The Balaban J connectivity index is 1.79. The van der Waals surface area contributed by atoms with Gasteiger partial charge in [-0.15, -0.1) is 0 Å². The van der Waals surface area contributed by atoms with Crippen molar-refractivity contribution in [3.8, 4) is 17.1 Å². The first-order valence-electron chi connectivity index (χ1n) is 10.3.